The van der Waals surface area contributed by atoms with E-state index in [2.05, 4.69) is 15.3 Å². The van der Waals surface area contributed by atoms with E-state index in [0.717, 1.165) is 33.5 Å². The van der Waals surface area contributed by atoms with Crippen LogP contribution in [-0.2, 0) is 6.42 Å². The van der Waals surface area contributed by atoms with E-state index in [1.165, 1.54) is 11.3 Å². The number of methoxy groups -OCH3 is 1. The lowest BCUT2D eigenvalue weighted by Crippen LogP contribution is -1.93. The molecule has 0 spiro atoms. The van der Waals surface area contributed by atoms with E-state index in [0.29, 0.717) is 0 Å². The van der Waals surface area contributed by atoms with E-state index in [4.69, 9.17) is 4.74 Å². The van der Waals surface area contributed by atoms with Crippen molar-refractivity contribution in [2.24, 2.45) is 0 Å². The SMILES string of the molecule is CCc1nnc2sc(-c3ccc(OC)cc3)nn12. The van der Waals surface area contributed by atoms with Crippen molar-refractivity contribution < 1.29 is 4.74 Å². The Balaban J connectivity index is 2.04. The predicted molar refractivity (Wildman–Crippen MR) is 70.0 cm³/mol. The van der Waals surface area contributed by atoms with Gasteiger partial charge in [-0.15, -0.1) is 10.2 Å². The van der Waals surface area contributed by atoms with Gasteiger partial charge in [-0.05, 0) is 24.3 Å². The Kier molecular flexibility index (Phi) is 2.71. The average molecular weight is 260 g/mol. The Bertz CT molecular complexity index is 671. The van der Waals surface area contributed by atoms with Crippen LogP contribution >= 0.6 is 11.3 Å². The molecule has 3 aromatic rings. The number of benzene rings is 1. The van der Waals surface area contributed by atoms with Crippen molar-refractivity contribution in [3.63, 3.8) is 0 Å². The third kappa shape index (κ3) is 1.74. The highest BCUT2D eigenvalue weighted by Gasteiger charge is 2.11. The summed E-state index contributed by atoms with van der Waals surface area (Å²) in [5.41, 5.74) is 1.06. The maximum atomic E-state index is 5.14. The fourth-order valence-electron chi connectivity index (χ4n) is 1.73. The molecule has 1 aromatic carbocycles. The minimum atomic E-state index is 0.826. The molecule has 0 N–H and O–H groups in total. The van der Waals surface area contributed by atoms with Crippen molar-refractivity contribution >= 4 is 16.3 Å². The van der Waals surface area contributed by atoms with Gasteiger partial charge in [-0.1, -0.05) is 18.3 Å². The number of aryl methyl sites for hydroxylation is 1. The third-order valence-electron chi connectivity index (χ3n) is 2.71. The Labute approximate surface area is 108 Å². The highest BCUT2D eigenvalue weighted by molar-refractivity contribution is 7.19. The molecule has 0 saturated carbocycles. The molecule has 0 radical (unpaired) electrons. The van der Waals surface area contributed by atoms with Gasteiger partial charge < -0.3 is 4.74 Å². The predicted octanol–water partition coefficient (Wildman–Crippen LogP) is 2.42. The van der Waals surface area contributed by atoms with Crippen LogP contribution in [0.1, 0.15) is 12.7 Å². The molecule has 0 fully saturated rings. The van der Waals surface area contributed by atoms with Crippen LogP contribution in [0.5, 0.6) is 5.75 Å². The summed E-state index contributed by atoms with van der Waals surface area (Å²) in [5.74, 6) is 1.73. The molecule has 0 unspecified atom stereocenters. The summed E-state index contributed by atoms with van der Waals surface area (Å²) in [6.07, 6.45) is 0.826. The summed E-state index contributed by atoms with van der Waals surface area (Å²) in [5, 5.41) is 13.7. The molecule has 0 aliphatic carbocycles. The van der Waals surface area contributed by atoms with Gasteiger partial charge in [-0.2, -0.15) is 9.61 Å². The van der Waals surface area contributed by atoms with Gasteiger partial charge in [0.05, 0.1) is 7.11 Å². The molecule has 0 saturated heterocycles. The first-order valence-corrected chi connectivity index (χ1v) is 6.49. The molecular formula is C12H12N4OS. The summed E-state index contributed by atoms with van der Waals surface area (Å²) in [6, 6.07) is 7.85. The number of hydrogen-bond acceptors (Lipinski definition) is 5. The van der Waals surface area contributed by atoms with Gasteiger partial charge in [0.15, 0.2) is 5.82 Å². The number of nitrogens with zero attached hydrogens (tertiary/aromatic N) is 4. The molecule has 18 heavy (non-hydrogen) atoms. The molecule has 0 aliphatic rings. The molecule has 3 rings (SSSR count). The van der Waals surface area contributed by atoms with E-state index >= 15 is 0 Å². The lowest BCUT2D eigenvalue weighted by Gasteiger charge is -1.99. The van der Waals surface area contributed by atoms with Gasteiger partial charge in [0, 0.05) is 12.0 Å². The van der Waals surface area contributed by atoms with Crippen LogP contribution in [0.25, 0.3) is 15.5 Å². The Hall–Kier alpha value is -1.95. The fraction of sp³-hybridized carbons (Fsp3) is 0.250. The van der Waals surface area contributed by atoms with Gasteiger partial charge in [0.1, 0.15) is 10.8 Å². The van der Waals surface area contributed by atoms with Gasteiger partial charge in [0.2, 0.25) is 4.96 Å². The maximum absolute atomic E-state index is 5.14. The monoisotopic (exact) mass is 260 g/mol. The molecule has 0 atom stereocenters. The van der Waals surface area contributed by atoms with Crippen LogP contribution < -0.4 is 4.74 Å². The molecular weight excluding hydrogens is 248 g/mol. The number of fused-ring (bicyclic) bond motifs is 1. The Morgan fingerprint density at radius 1 is 1.22 bits per heavy atom. The lowest BCUT2D eigenvalue weighted by molar-refractivity contribution is 0.415. The zero-order chi connectivity index (χ0) is 12.5. The molecule has 2 heterocycles. The fourth-order valence-corrected chi connectivity index (χ4v) is 2.59. The topological polar surface area (TPSA) is 52.3 Å². The van der Waals surface area contributed by atoms with Crippen molar-refractivity contribution in [2.45, 2.75) is 13.3 Å². The highest BCUT2D eigenvalue weighted by atomic mass is 32.1. The van der Waals surface area contributed by atoms with Gasteiger partial charge in [-0.25, -0.2) is 0 Å². The van der Waals surface area contributed by atoms with E-state index < -0.39 is 0 Å². The third-order valence-corrected chi connectivity index (χ3v) is 3.66. The first-order valence-electron chi connectivity index (χ1n) is 5.67. The number of hydrogen-bond donors (Lipinski definition) is 0. The van der Waals surface area contributed by atoms with Crippen molar-refractivity contribution in [2.75, 3.05) is 7.11 Å². The van der Waals surface area contributed by atoms with Crippen LogP contribution in [0, 0.1) is 0 Å². The van der Waals surface area contributed by atoms with Gasteiger partial charge in [-0.3, -0.25) is 0 Å². The van der Waals surface area contributed by atoms with E-state index in [-0.39, 0.29) is 0 Å². The molecule has 6 heteroatoms. The smallest absolute Gasteiger partial charge is 0.234 e. The van der Waals surface area contributed by atoms with Crippen LogP contribution in [0.15, 0.2) is 24.3 Å². The molecule has 0 amide bonds. The molecule has 5 nitrogen and oxygen atoms in total. The quantitative estimate of drug-likeness (QED) is 0.725. The van der Waals surface area contributed by atoms with Crippen molar-refractivity contribution in [1.29, 1.82) is 0 Å². The highest BCUT2D eigenvalue weighted by Crippen LogP contribution is 2.26. The van der Waals surface area contributed by atoms with Gasteiger partial charge in [0.25, 0.3) is 0 Å². The molecule has 0 bridgehead atoms. The summed E-state index contributed by atoms with van der Waals surface area (Å²) in [4.78, 5) is 0.831. The standard InChI is InChI=1S/C12H12N4OS/c1-3-10-13-14-12-16(10)15-11(18-12)8-4-6-9(17-2)7-5-8/h4-7H,3H2,1-2H3. The first kappa shape index (κ1) is 11.2. The Morgan fingerprint density at radius 3 is 2.67 bits per heavy atom. The largest absolute Gasteiger partial charge is 0.497 e. The van der Waals surface area contributed by atoms with Crippen LogP contribution in [0.2, 0.25) is 0 Å². The normalized spacial score (nSPS) is 11.0. The van der Waals surface area contributed by atoms with E-state index in [1.807, 2.05) is 35.7 Å². The van der Waals surface area contributed by atoms with Crippen LogP contribution in [-0.4, -0.2) is 26.9 Å². The zero-order valence-electron chi connectivity index (χ0n) is 10.1. The van der Waals surface area contributed by atoms with E-state index in [9.17, 15) is 0 Å². The first-order chi connectivity index (χ1) is 8.81. The summed E-state index contributed by atoms with van der Waals surface area (Å²) >= 11 is 1.54. The van der Waals surface area contributed by atoms with Gasteiger partial charge >= 0.3 is 0 Å². The minimum absolute atomic E-state index is 0.826. The second kappa shape index (κ2) is 4.38. The second-order valence-electron chi connectivity index (χ2n) is 3.80. The summed E-state index contributed by atoms with van der Waals surface area (Å²) in [6.45, 7) is 2.04. The van der Waals surface area contributed by atoms with Crippen LogP contribution in [0.3, 0.4) is 0 Å². The van der Waals surface area contributed by atoms with E-state index in [1.54, 1.807) is 7.11 Å². The summed E-state index contributed by atoms with van der Waals surface area (Å²) < 4.78 is 6.95. The number of rotatable bonds is 3. The van der Waals surface area contributed by atoms with Crippen LogP contribution in [0.4, 0.5) is 0 Å². The number of ether oxygens (including phenoxy) is 1. The molecule has 92 valence electrons. The second-order valence-corrected chi connectivity index (χ2v) is 4.76. The molecule has 0 aliphatic heterocycles. The van der Waals surface area contributed by atoms with Crippen molar-refractivity contribution in [1.82, 2.24) is 19.8 Å². The minimum Gasteiger partial charge on any atom is -0.497 e. The molecule has 2 aromatic heterocycles. The Morgan fingerprint density at radius 2 is 2.00 bits per heavy atom. The zero-order valence-corrected chi connectivity index (χ0v) is 10.9. The number of aromatic nitrogens is 4. The van der Waals surface area contributed by atoms with Crippen molar-refractivity contribution in [3.05, 3.63) is 30.1 Å². The average Bonchev–Trinajstić information content (AvgIpc) is 2.98. The summed E-state index contributed by atoms with van der Waals surface area (Å²) in [7, 11) is 1.66. The lowest BCUT2D eigenvalue weighted by atomic mass is 10.2. The maximum Gasteiger partial charge on any atom is 0.234 e. The van der Waals surface area contributed by atoms with Crippen molar-refractivity contribution in [3.8, 4) is 16.3 Å².